The monoisotopic (exact) mass is 409 g/mol. The molecule has 1 N–H and O–H groups in total. The van der Waals surface area contributed by atoms with Gasteiger partial charge < -0.3 is 5.32 Å². The highest BCUT2D eigenvalue weighted by atomic mass is 19.4. The molecule has 0 aliphatic heterocycles. The number of amides is 1. The number of hydrogen-bond acceptors (Lipinski definition) is 4. The van der Waals surface area contributed by atoms with Crippen molar-refractivity contribution in [1.82, 2.24) is 25.0 Å². The van der Waals surface area contributed by atoms with Crippen molar-refractivity contribution in [3.8, 4) is 5.82 Å². The van der Waals surface area contributed by atoms with E-state index in [1.165, 1.54) is 29.8 Å². The van der Waals surface area contributed by atoms with Crippen LogP contribution in [0.25, 0.3) is 5.82 Å². The number of pyridine rings is 1. The Balaban J connectivity index is 1.78. The number of halogens is 3. The van der Waals surface area contributed by atoms with Gasteiger partial charge in [0.15, 0.2) is 5.82 Å². The molecule has 1 amide bonds. The van der Waals surface area contributed by atoms with Gasteiger partial charge in [0, 0.05) is 24.8 Å². The molecular weight excluding hydrogens is 383 g/mol. The zero-order chi connectivity index (χ0) is 21.3. The van der Waals surface area contributed by atoms with Gasteiger partial charge in [0.05, 0.1) is 23.0 Å². The largest absolute Gasteiger partial charge is 0.417 e. The fourth-order valence-corrected chi connectivity index (χ4v) is 3.27. The minimum absolute atomic E-state index is 0.0751. The SMILES string of the molecule is CC(C)c1c(C(=O)NCC(C)N(C)C2CC2)cnn1-c1ccc(C(F)(F)F)cn1. The maximum Gasteiger partial charge on any atom is 0.417 e. The molecule has 2 aromatic rings. The van der Waals surface area contributed by atoms with E-state index in [9.17, 15) is 18.0 Å². The molecule has 1 unspecified atom stereocenters. The van der Waals surface area contributed by atoms with Crippen LogP contribution in [0.4, 0.5) is 13.2 Å². The molecule has 0 aromatic carbocycles. The van der Waals surface area contributed by atoms with E-state index in [1.54, 1.807) is 0 Å². The first-order valence-corrected chi connectivity index (χ1v) is 9.71. The van der Waals surface area contributed by atoms with Gasteiger partial charge in [-0.2, -0.15) is 18.3 Å². The summed E-state index contributed by atoms with van der Waals surface area (Å²) < 4.78 is 39.8. The predicted molar refractivity (Wildman–Crippen MR) is 103 cm³/mol. The summed E-state index contributed by atoms with van der Waals surface area (Å²) in [6, 6.07) is 3.03. The molecule has 1 atom stereocenters. The Morgan fingerprint density at radius 2 is 1.97 bits per heavy atom. The Morgan fingerprint density at radius 1 is 1.28 bits per heavy atom. The highest BCUT2D eigenvalue weighted by Crippen LogP contribution is 2.30. The van der Waals surface area contributed by atoms with E-state index in [4.69, 9.17) is 0 Å². The van der Waals surface area contributed by atoms with Crippen LogP contribution in [0.2, 0.25) is 0 Å². The van der Waals surface area contributed by atoms with Crippen LogP contribution >= 0.6 is 0 Å². The van der Waals surface area contributed by atoms with Crippen molar-refractivity contribution in [3.63, 3.8) is 0 Å². The van der Waals surface area contributed by atoms with E-state index in [1.807, 2.05) is 13.8 Å². The van der Waals surface area contributed by atoms with Crippen molar-refractivity contribution < 1.29 is 18.0 Å². The van der Waals surface area contributed by atoms with Gasteiger partial charge in [-0.05, 0) is 44.9 Å². The number of nitrogens with zero attached hydrogens (tertiary/aromatic N) is 4. The molecular formula is C20H26F3N5O. The third-order valence-electron chi connectivity index (χ3n) is 5.27. The first-order chi connectivity index (χ1) is 13.6. The molecule has 0 bridgehead atoms. The summed E-state index contributed by atoms with van der Waals surface area (Å²) in [5.41, 5.74) is 0.187. The van der Waals surface area contributed by atoms with E-state index in [0.717, 1.165) is 12.3 Å². The summed E-state index contributed by atoms with van der Waals surface area (Å²) >= 11 is 0. The molecule has 0 spiro atoms. The molecule has 3 rings (SSSR count). The van der Waals surface area contributed by atoms with Crippen LogP contribution in [0.3, 0.4) is 0 Å². The van der Waals surface area contributed by atoms with E-state index >= 15 is 0 Å². The van der Waals surface area contributed by atoms with E-state index < -0.39 is 11.7 Å². The average Bonchev–Trinajstić information content (AvgIpc) is 3.42. The molecule has 1 aliphatic rings. The Bertz CT molecular complexity index is 856. The van der Waals surface area contributed by atoms with E-state index in [2.05, 4.69) is 34.3 Å². The van der Waals surface area contributed by atoms with Gasteiger partial charge in [0.1, 0.15) is 0 Å². The number of rotatable bonds is 7. The van der Waals surface area contributed by atoms with Crippen LogP contribution in [0.1, 0.15) is 61.1 Å². The zero-order valence-corrected chi connectivity index (χ0v) is 17.0. The smallest absolute Gasteiger partial charge is 0.350 e. The van der Waals surface area contributed by atoms with Crippen molar-refractivity contribution >= 4 is 5.91 Å². The zero-order valence-electron chi connectivity index (χ0n) is 17.0. The van der Waals surface area contributed by atoms with Crippen LogP contribution in [-0.2, 0) is 6.18 Å². The fraction of sp³-hybridized carbons (Fsp3) is 0.550. The fourth-order valence-electron chi connectivity index (χ4n) is 3.27. The molecule has 158 valence electrons. The lowest BCUT2D eigenvalue weighted by Crippen LogP contribution is -2.41. The standard InChI is InChI=1S/C20H26F3N5O/c1-12(2)18-16(19(29)25-9-13(3)27(4)15-6-7-15)11-26-28(18)17-8-5-14(10-24-17)20(21,22)23/h5,8,10-13,15H,6-7,9H2,1-4H3,(H,25,29). The number of aromatic nitrogens is 3. The lowest BCUT2D eigenvalue weighted by atomic mass is 10.1. The number of alkyl halides is 3. The van der Waals surface area contributed by atoms with Crippen molar-refractivity contribution in [1.29, 1.82) is 0 Å². The number of carbonyl (C=O) groups excluding carboxylic acids is 1. The second-order valence-electron chi connectivity index (χ2n) is 7.87. The number of likely N-dealkylation sites (N-methyl/N-ethyl adjacent to an activating group) is 1. The Hall–Kier alpha value is -2.42. The van der Waals surface area contributed by atoms with Crippen LogP contribution in [0.15, 0.2) is 24.5 Å². The molecule has 1 fully saturated rings. The van der Waals surface area contributed by atoms with Gasteiger partial charge in [-0.3, -0.25) is 9.69 Å². The minimum atomic E-state index is -4.45. The maximum atomic E-state index is 12.8. The Labute approximate surface area is 168 Å². The maximum absolute atomic E-state index is 12.8. The first kappa shape index (κ1) is 21.3. The molecule has 29 heavy (non-hydrogen) atoms. The first-order valence-electron chi connectivity index (χ1n) is 9.71. The molecule has 2 heterocycles. The average molecular weight is 409 g/mol. The van der Waals surface area contributed by atoms with Gasteiger partial charge in [0.25, 0.3) is 5.91 Å². The lowest BCUT2D eigenvalue weighted by Gasteiger charge is -2.24. The number of nitrogens with one attached hydrogen (secondary N) is 1. The van der Waals surface area contributed by atoms with Gasteiger partial charge in [-0.15, -0.1) is 0 Å². The van der Waals surface area contributed by atoms with Crippen molar-refractivity contribution in [3.05, 3.63) is 41.3 Å². The van der Waals surface area contributed by atoms with E-state index in [0.29, 0.717) is 23.8 Å². The predicted octanol–water partition coefficient (Wildman–Crippen LogP) is 3.62. The third kappa shape index (κ3) is 4.77. The van der Waals surface area contributed by atoms with Crippen molar-refractivity contribution in [2.24, 2.45) is 0 Å². The second-order valence-corrected chi connectivity index (χ2v) is 7.87. The normalized spacial score (nSPS) is 15.8. The van der Waals surface area contributed by atoms with Gasteiger partial charge in [0.2, 0.25) is 0 Å². The quantitative estimate of drug-likeness (QED) is 0.759. The summed E-state index contributed by atoms with van der Waals surface area (Å²) in [4.78, 5) is 18.9. The lowest BCUT2D eigenvalue weighted by molar-refractivity contribution is -0.137. The molecule has 0 radical (unpaired) electrons. The van der Waals surface area contributed by atoms with E-state index in [-0.39, 0.29) is 23.7 Å². The third-order valence-corrected chi connectivity index (χ3v) is 5.27. The van der Waals surface area contributed by atoms with Gasteiger partial charge in [-0.1, -0.05) is 13.8 Å². The van der Waals surface area contributed by atoms with Gasteiger partial charge >= 0.3 is 6.18 Å². The highest BCUT2D eigenvalue weighted by Gasteiger charge is 2.31. The van der Waals surface area contributed by atoms with Crippen LogP contribution < -0.4 is 5.32 Å². The number of carbonyl (C=O) groups is 1. The summed E-state index contributed by atoms with van der Waals surface area (Å²) in [6.07, 6.45) is 0.153. The molecule has 6 nitrogen and oxygen atoms in total. The molecule has 1 aliphatic carbocycles. The van der Waals surface area contributed by atoms with Gasteiger partial charge in [-0.25, -0.2) is 9.67 Å². The Morgan fingerprint density at radius 3 is 2.48 bits per heavy atom. The summed E-state index contributed by atoms with van der Waals surface area (Å²) in [5, 5.41) is 7.17. The van der Waals surface area contributed by atoms with Crippen molar-refractivity contribution in [2.75, 3.05) is 13.6 Å². The number of hydrogen-bond donors (Lipinski definition) is 1. The summed E-state index contributed by atoms with van der Waals surface area (Å²) in [6.45, 7) is 6.38. The molecule has 0 saturated heterocycles. The molecule has 9 heteroatoms. The summed E-state index contributed by atoms with van der Waals surface area (Å²) in [7, 11) is 2.06. The van der Waals surface area contributed by atoms with Crippen LogP contribution in [0, 0.1) is 0 Å². The Kier molecular flexibility index (Phi) is 5.97. The molecule has 1 saturated carbocycles. The van der Waals surface area contributed by atoms with Crippen LogP contribution in [-0.4, -0.2) is 51.2 Å². The molecule has 2 aromatic heterocycles. The van der Waals surface area contributed by atoms with Crippen LogP contribution in [0.5, 0.6) is 0 Å². The topological polar surface area (TPSA) is 63.1 Å². The highest BCUT2D eigenvalue weighted by molar-refractivity contribution is 5.95. The minimum Gasteiger partial charge on any atom is -0.350 e. The summed E-state index contributed by atoms with van der Waals surface area (Å²) in [5.74, 6) is -0.0839. The second kappa shape index (κ2) is 8.14. The van der Waals surface area contributed by atoms with Crippen molar-refractivity contribution in [2.45, 2.75) is 57.8 Å².